The number of aliphatic hydroxyl groups excluding tert-OH is 1. The van der Waals surface area contributed by atoms with Gasteiger partial charge in [-0.05, 0) is 18.6 Å². The number of hydrogen-bond acceptors (Lipinski definition) is 4. The molecule has 0 aliphatic rings. The fraction of sp³-hybridized carbons (Fsp3) is 0.615. The first kappa shape index (κ1) is 15.5. The van der Waals surface area contributed by atoms with Crippen LogP contribution in [0.2, 0.25) is 0 Å². The summed E-state index contributed by atoms with van der Waals surface area (Å²) < 4.78 is 10.3. The maximum Gasteiger partial charge on any atom is 0.315 e. The fourth-order valence-corrected chi connectivity index (χ4v) is 1.71. The Kier molecular flexibility index (Phi) is 6.99. The van der Waals surface area contributed by atoms with E-state index >= 15 is 0 Å². The third-order valence-corrected chi connectivity index (χ3v) is 2.65. The van der Waals surface area contributed by atoms with Crippen molar-refractivity contribution in [3.63, 3.8) is 0 Å². The highest BCUT2D eigenvalue weighted by atomic mass is 16.5. The molecule has 1 heterocycles. The van der Waals surface area contributed by atoms with Crippen molar-refractivity contribution in [3.05, 3.63) is 24.2 Å². The van der Waals surface area contributed by atoms with Crippen LogP contribution in [-0.2, 0) is 4.74 Å². The van der Waals surface area contributed by atoms with Crippen LogP contribution >= 0.6 is 0 Å². The lowest BCUT2D eigenvalue weighted by atomic mass is 10.2. The van der Waals surface area contributed by atoms with Gasteiger partial charge in [0.25, 0.3) is 0 Å². The second kappa shape index (κ2) is 8.55. The average Bonchev–Trinajstić information content (AvgIpc) is 2.90. The van der Waals surface area contributed by atoms with Crippen LogP contribution in [-0.4, -0.2) is 37.5 Å². The molecule has 0 radical (unpaired) electrons. The van der Waals surface area contributed by atoms with Crippen LogP contribution in [0.1, 0.15) is 31.6 Å². The highest BCUT2D eigenvalue weighted by molar-refractivity contribution is 5.74. The lowest BCUT2D eigenvalue weighted by molar-refractivity contribution is 0.149. The van der Waals surface area contributed by atoms with E-state index < -0.39 is 6.10 Å². The van der Waals surface area contributed by atoms with Gasteiger partial charge in [-0.2, -0.15) is 0 Å². The summed E-state index contributed by atoms with van der Waals surface area (Å²) in [4.78, 5) is 11.7. The lowest BCUT2D eigenvalue weighted by Gasteiger charge is -2.17. The van der Waals surface area contributed by atoms with Crippen LogP contribution < -0.4 is 10.6 Å². The monoisotopic (exact) mass is 270 g/mol. The summed E-state index contributed by atoms with van der Waals surface area (Å²) in [5, 5.41) is 14.9. The molecule has 1 rings (SSSR count). The van der Waals surface area contributed by atoms with Crippen LogP contribution in [0.25, 0.3) is 0 Å². The first-order chi connectivity index (χ1) is 9.17. The normalized spacial score (nSPS) is 13.8. The van der Waals surface area contributed by atoms with E-state index in [4.69, 9.17) is 9.15 Å². The molecule has 0 bridgehead atoms. The standard InChI is InChI=1S/C13H22N2O4/c1-3-5-10(16)8-14-13(17)15-11(9-18-2)12-6-4-7-19-12/h4,6-7,10-11,16H,3,5,8-9H2,1-2H3,(H2,14,15,17). The van der Waals surface area contributed by atoms with Crippen LogP contribution in [0, 0.1) is 0 Å². The van der Waals surface area contributed by atoms with Crippen molar-refractivity contribution in [2.24, 2.45) is 0 Å². The molecule has 0 fully saturated rings. The SMILES string of the molecule is CCCC(O)CNC(=O)NC(COC)c1ccco1. The Balaban J connectivity index is 2.39. The molecule has 1 aromatic heterocycles. The number of carbonyl (C=O) groups excluding carboxylic acids is 1. The number of hydrogen-bond donors (Lipinski definition) is 3. The zero-order valence-electron chi connectivity index (χ0n) is 11.4. The van der Waals surface area contributed by atoms with Crippen molar-refractivity contribution in [2.45, 2.75) is 31.9 Å². The zero-order chi connectivity index (χ0) is 14.1. The van der Waals surface area contributed by atoms with E-state index in [-0.39, 0.29) is 18.6 Å². The molecule has 0 saturated carbocycles. The average molecular weight is 270 g/mol. The van der Waals surface area contributed by atoms with Gasteiger partial charge in [-0.3, -0.25) is 0 Å². The molecule has 19 heavy (non-hydrogen) atoms. The highest BCUT2D eigenvalue weighted by Gasteiger charge is 2.17. The Bertz CT molecular complexity index is 354. The molecule has 0 aliphatic heterocycles. The van der Waals surface area contributed by atoms with E-state index in [1.54, 1.807) is 25.5 Å². The molecule has 6 heteroatoms. The number of urea groups is 1. The van der Waals surface area contributed by atoms with Crippen molar-refractivity contribution in [1.29, 1.82) is 0 Å². The van der Waals surface area contributed by atoms with E-state index in [9.17, 15) is 9.90 Å². The van der Waals surface area contributed by atoms with Gasteiger partial charge >= 0.3 is 6.03 Å². The molecule has 0 aromatic carbocycles. The summed E-state index contributed by atoms with van der Waals surface area (Å²) in [5.41, 5.74) is 0. The van der Waals surface area contributed by atoms with E-state index in [0.29, 0.717) is 18.8 Å². The molecular formula is C13H22N2O4. The molecule has 2 atom stereocenters. The summed E-state index contributed by atoms with van der Waals surface area (Å²) in [6, 6.07) is 2.83. The van der Waals surface area contributed by atoms with Gasteiger partial charge in [0, 0.05) is 13.7 Å². The van der Waals surface area contributed by atoms with Crippen molar-refractivity contribution in [1.82, 2.24) is 10.6 Å². The number of ether oxygens (including phenoxy) is 1. The maximum atomic E-state index is 11.7. The van der Waals surface area contributed by atoms with Gasteiger partial charge < -0.3 is 24.9 Å². The van der Waals surface area contributed by atoms with Gasteiger partial charge in [-0.1, -0.05) is 13.3 Å². The van der Waals surface area contributed by atoms with Crippen LogP contribution in [0.5, 0.6) is 0 Å². The molecule has 2 unspecified atom stereocenters. The Morgan fingerprint density at radius 3 is 2.95 bits per heavy atom. The van der Waals surface area contributed by atoms with Crippen molar-refractivity contribution in [2.75, 3.05) is 20.3 Å². The number of nitrogens with one attached hydrogen (secondary N) is 2. The molecule has 6 nitrogen and oxygen atoms in total. The van der Waals surface area contributed by atoms with E-state index in [2.05, 4.69) is 10.6 Å². The molecule has 2 amide bonds. The van der Waals surface area contributed by atoms with E-state index in [0.717, 1.165) is 6.42 Å². The molecule has 0 aliphatic carbocycles. The Morgan fingerprint density at radius 2 is 2.37 bits per heavy atom. The van der Waals surface area contributed by atoms with Gasteiger partial charge in [0.1, 0.15) is 11.8 Å². The molecular weight excluding hydrogens is 248 g/mol. The Hall–Kier alpha value is -1.53. The first-order valence-corrected chi connectivity index (χ1v) is 6.42. The minimum atomic E-state index is -0.514. The summed E-state index contributed by atoms with van der Waals surface area (Å²) in [7, 11) is 1.56. The van der Waals surface area contributed by atoms with Gasteiger partial charge in [-0.25, -0.2) is 4.79 Å². The number of furan rings is 1. The van der Waals surface area contributed by atoms with Crippen molar-refractivity contribution < 1.29 is 19.1 Å². The number of carbonyl (C=O) groups is 1. The van der Waals surface area contributed by atoms with E-state index in [1.807, 2.05) is 6.92 Å². The predicted octanol–water partition coefficient (Wildman–Crippen LogP) is 1.43. The van der Waals surface area contributed by atoms with Gasteiger partial charge in [0.15, 0.2) is 0 Å². The first-order valence-electron chi connectivity index (χ1n) is 6.42. The maximum absolute atomic E-state index is 11.7. The quantitative estimate of drug-likeness (QED) is 0.667. The fourth-order valence-electron chi connectivity index (χ4n) is 1.71. The molecule has 0 spiro atoms. The summed E-state index contributed by atoms with van der Waals surface area (Å²) >= 11 is 0. The predicted molar refractivity (Wildman–Crippen MR) is 70.8 cm³/mol. The van der Waals surface area contributed by atoms with Gasteiger partial charge in [0.05, 0.1) is 19.0 Å². The largest absolute Gasteiger partial charge is 0.467 e. The Morgan fingerprint density at radius 1 is 1.58 bits per heavy atom. The van der Waals surface area contributed by atoms with Gasteiger partial charge in [0.2, 0.25) is 0 Å². The number of aliphatic hydroxyl groups is 1. The van der Waals surface area contributed by atoms with Crippen LogP contribution in [0.3, 0.4) is 0 Å². The summed E-state index contributed by atoms with van der Waals surface area (Å²) in [6.45, 7) is 2.53. The van der Waals surface area contributed by atoms with Crippen molar-refractivity contribution >= 4 is 6.03 Å². The molecule has 108 valence electrons. The zero-order valence-corrected chi connectivity index (χ0v) is 11.4. The van der Waals surface area contributed by atoms with Crippen molar-refractivity contribution in [3.8, 4) is 0 Å². The second-order valence-corrected chi connectivity index (χ2v) is 4.32. The number of rotatable bonds is 8. The summed E-state index contributed by atoms with van der Waals surface area (Å²) in [6.07, 6.45) is 2.58. The third kappa shape index (κ3) is 5.76. The number of amides is 2. The van der Waals surface area contributed by atoms with Crippen LogP contribution in [0.4, 0.5) is 4.79 Å². The van der Waals surface area contributed by atoms with Gasteiger partial charge in [-0.15, -0.1) is 0 Å². The van der Waals surface area contributed by atoms with Crippen LogP contribution in [0.15, 0.2) is 22.8 Å². The molecule has 1 aromatic rings. The van der Waals surface area contributed by atoms with E-state index in [1.165, 1.54) is 0 Å². The highest BCUT2D eigenvalue weighted by Crippen LogP contribution is 2.13. The minimum Gasteiger partial charge on any atom is -0.467 e. The third-order valence-electron chi connectivity index (χ3n) is 2.65. The molecule has 0 saturated heterocycles. The minimum absolute atomic E-state index is 0.234. The smallest absolute Gasteiger partial charge is 0.315 e. The number of methoxy groups -OCH3 is 1. The molecule has 3 N–H and O–H groups in total. The second-order valence-electron chi connectivity index (χ2n) is 4.32. The Labute approximate surface area is 113 Å². The lowest BCUT2D eigenvalue weighted by Crippen LogP contribution is -2.42. The topological polar surface area (TPSA) is 83.7 Å². The summed E-state index contributed by atoms with van der Waals surface area (Å²) in [5.74, 6) is 0.631.